The van der Waals surface area contributed by atoms with Crippen LogP contribution in [0, 0.1) is 0 Å². The lowest BCUT2D eigenvalue weighted by atomic mass is 10.3. The van der Waals surface area contributed by atoms with Crippen molar-refractivity contribution in [3.8, 4) is 0 Å². The fourth-order valence-corrected chi connectivity index (χ4v) is 0.903. The van der Waals surface area contributed by atoms with Gasteiger partial charge >= 0.3 is 12.1 Å². The first-order chi connectivity index (χ1) is 9.45. The molecule has 112 valence electrons. The maximum absolute atomic E-state index is 10.9. The number of ether oxygens (including phenoxy) is 2. The summed E-state index contributed by atoms with van der Waals surface area (Å²) in [4.78, 5) is 19.9. The van der Waals surface area contributed by atoms with Gasteiger partial charge in [-0.25, -0.2) is 9.59 Å². The minimum absolute atomic E-state index is 0.388. The normalized spacial score (nSPS) is 14.6. The van der Waals surface area contributed by atoms with E-state index < -0.39 is 12.1 Å². The molecule has 1 heterocycles. The molecule has 0 radical (unpaired) electrons. The van der Waals surface area contributed by atoms with E-state index in [1.807, 2.05) is 18.2 Å². The van der Waals surface area contributed by atoms with Crippen molar-refractivity contribution in [1.82, 2.24) is 0 Å². The lowest BCUT2D eigenvalue weighted by Crippen LogP contribution is -2.18. The van der Waals surface area contributed by atoms with Crippen molar-refractivity contribution in [2.45, 2.75) is 20.0 Å². The number of hydrogen-bond acceptors (Lipinski definition) is 4. The van der Waals surface area contributed by atoms with Crippen LogP contribution in [-0.4, -0.2) is 31.4 Å². The molecule has 1 aliphatic heterocycles. The molecule has 20 heavy (non-hydrogen) atoms. The Labute approximate surface area is 118 Å². The van der Waals surface area contributed by atoms with E-state index in [0.29, 0.717) is 12.7 Å². The number of nitrogens with two attached hydrogens (primary N) is 2. The molecule has 0 aliphatic carbocycles. The summed E-state index contributed by atoms with van der Waals surface area (Å²) in [5, 5.41) is 2.58. The number of hydrogen-bond donors (Lipinski definition) is 3. The maximum atomic E-state index is 10.9. The average Bonchev–Trinajstić information content (AvgIpc) is 3.13. The number of rotatable bonds is 2. The number of benzene rings is 1. The van der Waals surface area contributed by atoms with Crippen LogP contribution in [-0.2, 0) is 9.47 Å². The summed E-state index contributed by atoms with van der Waals surface area (Å²) in [6.07, 6.45) is 0.170. The fourth-order valence-electron chi connectivity index (χ4n) is 0.903. The van der Waals surface area contributed by atoms with Gasteiger partial charge in [0.15, 0.2) is 0 Å². The number of nitrogens with one attached hydrogen (secondary N) is 1. The topological polar surface area (TPSA) is 120 Å². The van der Waals surface area contributed by atoms with E-state index in [9.17, 15) is 4.79 Å². The van der Waals surface area contributed by atoms with Crippen LogP contribution < -0.4 is 16.8 Å². The Morgan fingerprint density at radius 2 is 1.80 bits per heavy atom. The summed E-state index contributed by atoms with van der Waals surface area (Å²) in [6, 6.07) is 8.35. The van der Waals surface area contributed by atoms with Crippen LogP contribution in [0.4, 0.5) is 15.3 Å². The molecule has 0 spiro atoms. The number of epoxide rings is 1. The number of carbonyl (C=O) groups is 2. The molecule has 5 N–H and O–H groups in total. The number of carbonyl (C=O) groups excluding carboxylic acids is 2. The fraction of sp³-hybridized carbons (Fsp3) is 0.385. The number of anilines is 1. The number of para-hydroxylation sites is 1. The highest BCUT2D eigenvalue weighted by Gasteiger charge is 2.13. The molecule has 1 aromatic rings. The number of primary amides is 2. The van der Waals surface area contributed by atoms with Crippen LogP contribution in [0.5, 0.6) is 0 Å². The van der Waals surface area contributed by atoms with Crippen molar-refractivity contribution in [2.75, 3.05) is 18.5 Å². The minimum atomic E-state index is -0.833. The molecular weight excluding hydrogens is 262 g/mol. The minimum Gasteiger partial charge on any atom is -0.450 e. The Morgan fingerprint density at radius 1 is 1.35 bits per heavy atom. The third-order valence-corrected chi connectivity index (χ3v) is 1.80. The van der Waals surface area contributed by atoms with Gasteiger partial charge in [-0.15, -0.1) is 0 Å². The van der Waals surface area contributed by atoms with Gasteiger partial charge in [-0.05, 0) is 26.0 Å². The molecule has 7 heteroatoms. The van der Waals surface area contributed by atoms with Gasteiger partial charge in [-0.3, -0.25) is 5.32 Å². The van der Waals surface area contributed by atoms with Crippen LogP contribution in [0.2, 0.25) is 0 Å². The average molecular weight is 283 g/mol. The van der Waals surface area contributed by atoms with Crippen molar-refractivity contribution in [1.29, 1.82) is 0 Å². The highest BCUT2D eigenvalue weighted by atomic mass is 16.6. The van der Waals surface area contributed by atoms with E-state index in [4.69, 9.17) is 14.3 Å². The van der Waals surface area contributed by atoms with E-state index in [2.05, 4.69) is 23.7 Å². The maximum Gasteiger partial charge on any atom is 0.411 e. The zero-order valence-corrected chi connectivity index (χ0v) is 11.7. The first-order valence-corrected chi connectivity index (χ1v) is 6.11. The highest BCUT2D eigenvalue weighted by molar-refractivity contribution is 5.84. The first kappa shape index (κ1) is 17.7. The van der Waals surface area contributed by atoms with Gasteiger partial charge in [-0.1, -0.05) is 18.2 Å². The number of urea groups is 1. The van der Waals surface area contributed by atoms with Crippen molar-refractivity contribution >= 4 is 17.8 Å². The van der Waals surface area contributed by atoms with E-state index in [1.54, 1.807) is 19.1 Å². The lowest BCUT2D eigenvalue weighted by Gasteiger charge is -2.03. The third-order valence-electron chi connectivity index (χ3n) is 1.80. The Kier molecular flexibility index (Phi) is 9.41. The van der Waals surface area contributed by atoms with Crippen LogP contribution >= 0.6 is 0 Å². The molecule has 1 aromatic carbocycles. The first-order valence-electron chi connectivity index (χ1n) is 6.11. The van der Waals surface area contributed by atoms with Gasteiger partial charge in [0.2, 0.25) is 0 Å². The molecule has 0 bridgehead atoms. The lowest BCUT2D eigenvalue weighted by molar-refractivity contribution is 0.168. The second kappa shape index (κ2) is 10.6. The largest absolute Gasteiger partial charge is 0.450 e. The molecule has 1 unspecified atom stereocenters. The summed E-state index contributed by atoms with van der Waals surface area (Å²) in [5.41, 5.74) is 9.25. The molecule has 0 saturated carbocycles. The summed E-state index contributed by atoms with van der Waals surface area (Å²) >= 11 is 0. The van der Waals surface area contributed by atoms with Crippen LogP contribution in [0.15, 0.2) is 30.3 Å². The zero-order valence-electron chi connectivity index (χ0n) is 11.7. The highest BCUT2D eigenvalue weighted by Crippen LogP contribution is 2.05. The van der Waals surface area contributed by atoms with Gasteiger partial charge in [0.05, 0.1) is 19.3 Å². The quantitative estimate of drug-likeness (QED) is 0.715. The van der Waals surface area contributed by atoms with Gasteiger partial charge in [0.1, 0.15) is 0 Å². The molecule has 1 saturated heterocycles. The predicted octanol–water partition coefficient (Wildman–Crippen LogP) is 1.68. The van der Waals surface area contributed by atoms with E-state index >= 15 is 0 Å². The molecule has 7 nitrogen and oxygen atoms in total. The molecule has 1 atom stereocenters. The third kappa shape index (κ3) is 13.8. The molecule has 2 rings (SSSR count). The second-order valence-corrected chi connectivity index (χ2v) is 3.76. The Balaban J connectivity index is 0.000000368. The molecule has 1 fully saturated rings. The molecular formula is C13H21N3O4. The van der Waals surface area contributed by atoms with Crippen LogP contribution in [0.25, 0.3) is 0 Å². The van der Waals surface area contributed by atoms with Crippen molar-refractivity contribution in [3.05, 3.63) is 30.3 Å². The number of amides is 3. The molecule has 3 amide bonds. The van der Waals surface area contributed by atoms with Crippen molar-refractivity contribution < 1.29 is 19.1 Å². The Morgan fingerprint density at radius 3 is 2.15 bits per heavy atom. The summed E-state index contributed by atoms with van der Waals surface area (Å²) in [5.74, 6) is 0. The smallest absolute Gasteiger partial charge is 0.411 e. The van der Waals surface area contributed by atoms with Crippen LogP contribution in [0.3, 0.4) is 0 Å². The molecule has 1 aliphatic rings. The van der Waals surface area contributed by atoms with E-state index in [1.165, 1.54) is 0 Å². The van der Waals surface area contributed by atoms with E-state index in [0.717, 1.165) is 12.3 Å². The van der Waals surface area contributed by atoms with Gasteiger partial charge < -0.3 is 20.9 Å². The predicted molar refractivity (Wildman–Crippen MR) is 76.3 cm³/mol. The second-order valence-electron chi connectivity index (χ2n) is 3.76. The summed E-state index contributed by atoms with van der Waals surface area (Å²) in [6.45, 7) is 5.20. The summed E-state index contributed by atoms with van der Waals surface area (Å²) in [7, 11) is 0. The SMILES string of the molecule is CC1CO1.CCOC(=O)Nc1ccccc1.NC(N)=O. The van der Waals surface area contributed by atoms with Crippen molar-refractivity contribution in [3.63, 3.8) is 0 Å². The molecule has 0 aromatic heterocycles. The van der Waals surface area contributed by atoms with Gasteiger partial charge in [0.25, 0.3) is 0 Å². The van der Waals surface area contributed by atoms with Gasteiger partial charge in [-0.2, -0.15) is 0 Å². The monoisotopic (exact) mass is 283 g/mol. The van der Waals surface area contributed by atoms with Gasteiger partial charge in [0, 0.05) is 5.69 Å². The standard InChI is InChI=1S/C9H11NO2.C3H6O.CH4N2O/c1-2-12-9(11)10-8-6-4-3-5-7-8;1-3-2-4-3;2-1(3)4/h3-7H,2H2,1H3,(H,10,11);3H,2H2,1H3;(H4,2,3,4). The van der Waals surface area contributed by atoms with Crippen LogP contribution in [0.1, 0.15) is 13.8 Å². The Hall–Kier alpha value is -2.28. The Bertz CT molecular complexity index is 390. The zero-order chi connectivity index (χ0) is 15.4. The summed E-state index contributed by atoms with van der Waals surface area (Å²) < 4.78 is 9.40. The van der Waals surface area contributed by atoms with E-state index in [-0.39, 0.29) is 0 Å². The van der Waals surface area contributed by atoms with Crippen molar-refractivity contribution in [2.24, 2.45) is 11.5 Å².